The molecule has 3 aromatic rings. The largest absolute Gasteiger partial charge is 0.330 e. The quantitative estimate of drug-likeness (QED) is 0.790. The third-order valence-electron chi connectivity index (χ3n) is 3.42. The third-order valence-corrected chi connectivity index (χ3v) is 3.42. The zero-order valence-electron chi connectivity index (χ0n) is 11.1. The standard InChI is InChI=1S/C17H16N2O/c18-11-10-15-12-13-6-4-5-9-16(13)17(20)19(15)14-7-2-1-3-8-14/h1-9,12H,10-11,18H2. The van der Waals surface area contributed by atoms with Gasteiger partial charge in [0.1, 0.15) is 0 Å². The molecule has 2 N–H and O–H groups in total. The first-order valence-corrected chi connectivity index (χ1v) is 6.70. The Balaban J connectivity index is 2.36. The summed E-state index contributed by atoms with van der Waals surface area (Å²) >= 11 is 0. The van der Waals surface area contributed by atoms with E-state index in [4.69, 9.17) is 5.73 Å². The van der Waals surface area contributed by atoms with Crippen molar-refractivity contribution in [3.8, 4) is 5.69 Å². The number of nitrogens with zero attached hydrogens (tertiary/aromatic N) is 1. The summed E-state index contributed by atoms with van der Waals surface area (Å²) in [4.78, 5) is 12.7. The van der Waals surface area contributed by atoms with Gasteiger partial charge in [0.05, 0.1) is 0 Å². The molecule has 2 aromatic carbocycles. The molecular weight excluding hydrogens is 248 g/mol. The second kappa shape index (κ2) is 5.31. The van der Waals surface area contributed by atoms with Crippen LogP contribution in [0.4, 0.5) is 0 Å². The monoisotopic (exact) mass is 264 g/mol. The third kappa shape index (κ3) is 2.12. The lowest BCUT2D eigenvalue weighted by Crippen LogP contribution is -2.23. The van der Waals surface area contributed by atoms with E-state index in [1.165, 1.54) is 0 Å². The molecular formula is C17H16N2O. The van der Waals surface area contributed by atoms with Gasteiger partial charge in [0, 0.05) is 23.2 Å². The fourth-order valence-corrected chi connectivity index (χ4v) is 2.50. The molecule has 3 nitrogen and oxygen atoms in total. The number of pyridine rings is 1. The minimum atomic E-state index is 0.0118. The number of rotatable bonds is 3. The Morgan fingerprint density at radius 2 is 1.65 bits per heavy atom. The van der Waals surface area contributed by atoms with Gasteiger partial charge in [-0.15, -0.1) is 0 Å². The Bertz CT molecular complexity index is 791. The van der Waals surface area contributed by atoms with Crippen molar-refractivity contribution in [2.24, 2.45) is 5.73 Å². The Labute approximate surface area is 117 Å². The zero-order chi connectivity index (χ0) is 13.9. The van der Waals surface area contributed by atoms with Crippen molar-refractivity contribution in [1.82, 2.24) is 4.57 Å². The summed E-state index contributed by atoms with van der Waals surface area (Å²) in [7, 11) is 0. The molecule has 20 heavy (non-hydrogen) atoms. The van der Waals surface area contributed by atoms with E-state index in [0.29, 0.717) is 13.0 Å². The molecule has 0 atom stereocenters. The normalized spacial score (nSPS) is 10.8. The summed E-state index contributed by atoms with van der Waals surface area (Å²) in [6, 6.07) is 19.4. The maximum atomic E-state index is 12.7. The summed E-state index contributed by atoms with van der Waals surface area (Å²) in [6.07, 6.45) is 0.676. The fraction of sp³-hybridized carbons (Fsp3) is 0.118. The van der Waals surface area contributed by atoms with Gasteiger partial charge in [-0.1, -0.05) is 36.4 Å². The van der Waals surface area contributed by atoms with Crippen molar-refractivity contribution in [3.63, 3.8) is 0 Å². The molecule has 1 aromatic heterocycles. The molecule has 0 aliphatic rings. The fourth-order valence-electron chi connectivity index (χ4n) is 2.50. The number of benzene rings is 2. The van der Waals surface area contributed by atoms with Gasteiger partial charge >= 0.3 is 0 Å². The van der Waals surface area contributed by atoms with Crippen LogP contribution in [0.3, 0.4) is 0 Å². The van der Waals surface area contributed by atoms with Gasteiger partial charge in [-0.2, -0.15) is 0 Å². The van der Waals surface area contributed by atoms with E-state index in [2.05, 4.69) is 6.07 Å². The smallest absolute Gasteiger partial charge is 0.263 e. The average molecular weight is 264 g/mol. The molecule has 0 amide bonds. The number of nitrogens with two attached hydrogens (primary N) is 1. The topological polar surface area (TPSA) is 48.0 Å². The first-order valence-electron chi connectivity index (χ1n) is 6.70. The average Bonchev–Trinajstić information content (AvgIpc) is 2.49. The van der Waals surface area contributed by atoms with Gasteiger partial charge in [0.15, 0.2) is 0 Å². The minimum Gasteiger partial charge on any atom is -0.330 e. The molecule has 0 fully saturated rings. The summed E-state index contributed by atoms with van der Waals surface area (Å²) in [6.45, 7) is 0.518. The van der Waals surface area contributed by atoms with Crippen LogP contribution in [0.1, 0.15) is 5.69 Å². The molecule has 0 bridgehead atoms. The van der Waals surface area contributed by atoms with Crippen molar-refractivity contribution in [2.75, 3.05) is 6.54 Å². The Hall–Kier alpha value is -2.39. The van der Waals surface area contributed by atoms with Crippen LogP contribution in [0.15, 0.2) is 65.5 Å². The van der Waals surface area contributed by atoms with Crippen molar-refractivity contribution in [1.29, 1.82) is 0 Å². The van der Waals surface area contributed by atoms with Crippen LogP contribution in [-0.2, 0) is 6.42 Å². The highest BCUT2D eigenvalue weighted by atomic mass is 16.1. The number of hydrogen-bond donors (Lipinski definition) is 1. The Morgan fingerprint density at radius 3 is 2.40 bits per heavy atom. The molecule has 0 unspecified atom stereocenters. The lowest BCUT2D eigenvalue weighted by molar-refractivity contribution is 0.843. The van der Waals surface area contributed by atoms with Crippen molar-refractivity contribution < 1.29 is 0 Å². The van der Waals surface area contributed by atoms with Crippen molar-refractivity contribution >= 4 is 10.8 Å². The van der Waals surface area contributed by atoms with E-state index < -0.39 is 0 Å². The first-order chi connectivity index (χ1) is 9.81. The number of hydrogen-bond acceptors (Lipinski definition) is 2. The maximum Gasteiger partial charge on any atom is 0.263 e. The molecule has 0 radical (unpaired) electrons. The molecule has 3 rings (SSSR count). The first kappa shape index (κ1) is 12.6. The Morgan fingerprint density at radius 1 is 0.950 bits per heavy atom. The zero-order valence-corrected chi connectivity index (χ0v) is 11.1. The number of aromatic nitrogens is 1. The summed E-state index contributed by atoms with van der Waals surface area (Å²) in [5, 5.41) is 1.70. The molecule has 3 heteroatoms. The van der Waals surface area contributed by atoms with Crippen LogP contribution in [-0.4, -0.2) is 11.1 Å². The van der Waals surface area contributed by atoms with Gasteiger partial charge < -0.3 is 5.73 Å². The molecule has 0 saturated carbocycles. The predicted octanol–water partition coefficient (Wildman–Crippen LogP) is 2.49. The van der Waals surface area contributed by atoms with Crippen LogP contribution >= 0.6 is 0 Å². The summed E-state index contributed by atoms with van der Waals surface area (Å²) < 4.78 is 1.76. The Kier molecular flexibility index (Phi) is 3.35. The van der Waals surface area contributed by atoms with E-state index in [-0.39, 0.29) is 5.56 Å². The number of fused-ring (bicyclic) bond motifs is 1. The van der Waals surface area contributed by atoms with Gasteiger partial charge in [-0.05, 0) is 36.2 Å². The highest BCUT2D eigenvalue weighted by molar-refractivity contribution is 5.82. The van der Waals surface area contributed by atoms with Gasteiger partial charge in [-0.25, -0.2) is 0 Å². The van der Waals surface area contributed by atoms with E-state index >= 15 is 0 Å². The van der Waals surface area contributed by atoms with E-state index in [1.807, 2.05) is 54.6 Å². The van der Waals surface area contributed by atoms with E-state index in [1.54, 1.807) is 4.57 Å². The van der Waals surface area contributed by atoms with Crippen LogP contribution < -0.4 is 11.3 Å². The molecule has 0 aliphatic carbocycles. The van der Waals surface area contributed by atoms with Gasteiger partial charge in [-0.3, -0.25) is 9.36 Å². The van der Waals surface area contributed by atoms with E-state index in [0.717, 1.165) is 22.2 Å². The van der Waals surface area contributed by atoms with Crippen molar-refractivity contribution in [3.05, 3.63) is 76.7 Å². The molecule has 0 spiro atoms. The molecule has 100 valence electrons. The summed E-state index contributed by atoms with van der Waals surface area (Å²) in [5.41, 5.74) is 7.53. The van der Waals surface area contributed by atoms with E-state index in [9.17, 15) is 4.79 Å². The lowest BCUT2D eigenvalue weighted by Gasteiger charge is -2.14. The second-order valence-corrected chi connectivity index (χ2v) is 4.74. The highest BCUT2D eigenvalue weighted by Crippen LogP contribution is 2.16. The van der Waals surface area contributed by atoms with Crippen LogP contribution in [0, 0.1) is 0 Å². The number of para-hydroxylation sites is 1. The second-order valence-electron chi connectivity index (χ2n) is 4.74. The predicted molar refractivity (Wildman–Crippen MR) is 82.3 cm³/mol. The highest BCUT2D eigenvalue weighted by Gasteiger charge is 2.09. The summed E-state index contributed by atoms with van der Waals surface area (Å²) in [5.74, 6) is 0. The van der Waals surface area contributed by atoms with Gasteiger partial charge in [0.2, 0.25) is 0 Å². The minimum absolute atomic E-state index is 0.0118. The SMILES string of the molecule is NCCc1cc2ccccc2c(=O)n1-c1ccccc1. The van der Waals surface area contributed by atoms with Crippen LogP contribution in [0.5, 0.6) is 0 Å². The molecule has 1 heterocycles. The van der Waals surface area contributed by atoms with Crippen molar-refractivity contribution in [2.45, 2.75) is 6.42 Å². The van der Waals surface area contributed by atoms with Crippen LogP contribution in [0.2, 0.25) is 0 Å². The van der Waals surface area contributed by atoms with Crippen LogP contribution in [0.25, 0.3) is 16.5 Å². The molecule has 0 aliphatic heterocycles. The maximum absolute atomic E-state index is 12.7. The molecule has 0 saturated heterocycles. The van der Waals surface area contributed by atoms with Gasteiger partial charge in [0.25, 0.3) is 5.56 Å². The lowest BCUT2D eigenvalue weighted by atomic mass is 10.1.